The Morgan fingerprint density at radius 2 is 1.64 bits per heavy atom. The summed E-state index contributed by atoms with van der Waals surface area (Å²) in [7, 11) is 6.16. The van der Waals surface area contributed by atoms with E-state index in [1.807, 2.05) is 6.92 Å². The largest absolute Gasteiger partial charge is 0.496 e. The van der Waals surface area contributed by atoms with Gasteiger partial charge in [-0.1, -0.05) is 13.8 Å². The molecule has 1 heterocycles. The number of benzene rings is 1. The van der Waals surface area contributed by atoms with E-state index in [1.165, 1.54) is 21.3 Å². The van der Waals surface area contributed by atoms with Crippen LogP contribution in [0.25, 0.3) is 0 Å². The Kier molecular flexibility index (Phi) is 7.37. The summed E-state index contributed by atoms with van der Waals surface area (Å²) < 4.78 is 27.1. The number of allylic oxidation sites excluding steroid dienone is 3. The molecule has 2 aliphatic rings. The number of hydrogen-bond donors (Lipinski definition) is 1. The molecule has 0 fully saturated rings. The average molecular weight is 460 g/mol. The Morgan fingerprint density at radius 3 is 2.24 bits per heavy atom. The predicted octanol–water partition coefficient (Wildman–Crippen LogP) is 3.51. The standard InChI is InChI=1S/C25H33NO7/c1-14-21(24(28)33-9-8-29-4)22(23-16(26-14)12-25(2,3)13-17(23)27)15-10-19(31-6)20(32-7)11-18(15)30-5/h10-11,22,26H,8-9,12-13H2,1-7H3. The van der Waals surface area contributed by atoms with Crippen LogP contribution in [0.3, 0.4) is 0 Å². The molecule has 180 valence electrons. The summed E-state index contributed by atoms with van der Waals surface area (Å²) in [6, 6.07) is 3.47. The second kappa shape index (κ2) is 9.87. The van der Waals surface area contributed by atoms with E-state index in [4.69, 9.17) is 23.7 Å². The number of esters is 1. The van der Waals surface area contributed by atoms with Crippen LogP contribution in [0.2, 0.25) is 0 Å². The maximum Gasteiger partial charge on any atom is 0.336 e. The fraction of sp³-hybridized carbons (Fsp3) is 0.520. The zero-order valence-electron chi connectivity index (χ0n) is 20.4. The molecule has 8 heteroatoms. The monoisotopic (exact) mass is 459 g/mol. The SMILES string of the molecule is COCCOC(=O)C1=C(C)NC2=C(C(=O)CC(C)(C)C2)C1c1cc(OC)c(OC)cc1OC. The summed E-state index contributed by atoms with van der Waals surface area (Å²) in [6.07, 6.45) is 1.06. The van der Waals surface area contributed by atoms with E-state index in [-0.39, 0.29) is 24.4 Å². The number of dihydropyridines is 1. The lowest BCUT2D eigenvalue weighted by molar-refractivity contribution is -0.140. The van der Waals surface area contributed by atoms with Crippen molar-refractivity contribution in [3.05, 3.63) is 40.2 Å². The van der Waals surface area contributed by atoms with E-state index < -0.39 is 11.9 Å². The normalized spacial score (nSPS) is 19.6. The highest BCUT2D eigenvalue weighted by Crippen LogP contribution is 2.50. The van der Waals surface area contributed by atoms with E-state index in [9.17, 15) is 9.59 Å². The van der Waals surface area contributed by atoms with Gasteiger partial charge in [-0.3, -0.25) is 4.79 Å². The number of Topliss-reactive ketones (excluding diaryl/α,β-unsaturated/α-hetero) is 1. The molecule has 0 aromatic heterocycles. The molecule has 1 aromatic rings. The van der Waals surface area contributed by atoms with Crippen molar-refractivity contribution in [3.63, 3.8) is 0 Å². The van der Waals surface area contributed by atoms with Crippen LogP contribution in [0.4, 0.5) is 0 Å². The highest BCUT2D eigenvalue weighted by Gasteiger charge is 2.44. The fourth-order valence-corrected chi connectivity index (χ4v) is 4.59. The van der Waals surface area contributed by atoms with Gasteiger partial charge in [-0.15, -0.1) is 0 Å². The molecule has 1 aliphatic heterocycles. The van der Waals surface area contributed by atoms with Gasteiger partial charge in [0, 0.05) is 42.1 Å². The number of carbonyl (C=O) groups excluding carboxylic acids is 2. The summed E-state index contributed by atoms with van der Waals surface area (Å²) in [5, 5.41) is 3.32. The Hall–Kier alpha value is -3.00. The van der Waals surface area contributed by atoms with Gasteiger partial charge in [-0.05, 0) is 24.8 Å². The van der Waals surface area contributed by atoms with Gasteiger partial charge in [0.2, 0.25) is 0 Å². The third-order valence-electron chi connectivity index (χ3n) is 6.03. The van der Waals surface area contributed by atoms with Crippen LogP contribution in [0.1, 0.15) is 45.1 Å². The van der Waals surface area contributed by atoms with Crippen molar-refractivity contribution >= 4 is 11.8 Å². The van der Waals surface area contributed by atoms with Gasteiger partial charge >= 0.3 is 5.97 Å². The number of nitrogens with one attached hydrogen (secondary N) is 1. The van der Waals surface area contributed by atoms with Crippen molar-refractivity contribution in [2.45, 2.75) is 39.5 Å². The Balaban J connectivity index is 2.23. The average Bonchev–Trinajstić information content (AvgIpc) is 2.76. The number of carbonyl (C=O) groups is 2. The van der Waals surface area contributed by atoms with Crippen LogP contribution >= 0.6 is 0 Å². The van der Waals surface area contributed by atoms with Crippen LogP contribution in [0, 0.1) is 5.41 Å². The number of methoxy groups -OCH3 is 4. The van der Waals surface area contributed by atoms with Crippen molar-refractivity contribution in [3.8, 4) is 17.2 Å². The molecule has 0 bridgehead atoms. The summed E-state index contributed by atoms with van der Waals surface area (Å²) >= 11 is 0. The Labute approximate surface area is 194 Å². The molecule has 1 aliphatic carbocycles. The second-order valence-corrected chi connectivity index (χ2v) is 9.01. The first-order valence-electron chi connectivity index (χ1n) is 10.9. The second-order valence-electron chi connectivity index (χ2n) is 9.01. The summed E-state index contributed by atoms with van der Waals surface area (Å²) in [4.78, 5) is 26.7. The molecule has 3 rings (SSSR count). The third-order valence-corrected chi connectivity index (χ3v) is 6.03. The van der Waals surface area contributed by atoms with E-state index in [1.54, 1.807) is 19.2 Å². The molecule has 1 N–H and O–H groups in total. The van der Waals surface area contributed by atoms with E-state index in [0.717, 1.165) is 5.70 Å². The van der Waals surface area contributed by atoms with Crippen LogP contribution in [-0.2, 0) is 19.1 Å². The molecule has 33 heavy (non-hydrogen) atoms. The van der Waals surface area contributed by atoms with Crippen molar-refractivity contribution in [1.29, 1.82) is 0 Å². The van der Waals surface area contributed by atoms with Gasteiger partial charge in [-0.25, -0.2) is 4.79 Å². The number of rotatable bonds is 8. The minimum atomic E-state index is -0.672. The molecule has 0 saturated heterocycles. The number of ether oxygens (including phenoxy) is 5. The van der Waals surface area contributed by atoms with Crippen LogP contribution < -0.4 is 19.5 Å². The lowest BCUT2D eigenvalue weighted by Crippen LogP contribution is -2.39. The van der Waals surface area contributed by atoms with Crippen molar-refractivity contribution in [1.82, 2.24) is 5.32 Å². The van der Waals surface area contributed by atoms with Gasteiger partial charge in [-0.2, -0.15) is 0 Å². The molecule has 1 atom stereocenters. The molecule has 8 nitrogen and oxygen atoms in total. The molecule has 0 radical (unpaired) electrons. The van der Waals surface area contributed by atoms with Gasteiger partial charge in [0.05, 0.1) is 39.4 Å². The van der Waals surface area contributed by atoms with E-state index in [0.29, 0.717) is 52.5 Å². The molecule has 1 aromatic carbocycles. The zero-order valence-corrected chi connectivity index (χ0v) is 20.4. The van der Waals surface area contributed by atoms with Crippen LogP contribution in [-0.4, -0.2) is 53.4 Å². The van der Waals surface area contributed by atoms with Crippen LogP contribution in [0.15, 0.2) is 34.7 Å². The molecular weight excluding hydrogens is 426 g/mol. The Morgan fingerprint density at radius 1 is 1.00 bits per heavy atom. The number of ketones is 1. The highest BCUT2D eigenvalue weighted by molar-refractivity contribution is 6.04. The summed E-state index contributed by atoms with van der Waals surface area (Å²) in [5.41, 5.74) is 2.83. The minimum absolute atomic E-state index is 0.00900. The van der Waals surface area contributed by atoms with E-state index >= 15 is 0 Å². The van der Waals surface area contributed by atoms with Gasteiger partial charge < -0.3 is 29.0 Å². The maximum atomic E-state index is 13.5. The van der Waals surface area contributed by atoms with Crippen molar-refractivity contribution < 1.29 is 33.3 Å². The summed E-state index contributed by atoms with van der Waals surface area (Å²) in [6.45, 7) is 6.33. The highest BCUT2D eigenvalue weighted by atomic mass is 16.6. The van der Waals surface area contributed by atoms with Gasteiger partial charge in [0.25, 0.3) is 0 Å². The van der Waals surface area contributed by atoms with Gasteiger partial charge in [0.1, 0.15) is 12.4 Å². The fourth-order valence-electron chi connectivity index (χ4n) is 4.59. The first-order chi connectivity index (χ1) is 15.7. The lowest BCUT2D eigenvalue weighted by atomic mass is 9.68. The topological polar surface area (TPSA) is 92.3 Å². The maximum absolute atomic E-state index is 13.5. The Bertz CT molecular complexity index is 1010. The molecule has 0 amide bonds. The minimum Gasteiger partial charge on any atom is -0.496 e. The van der Waals surface area contributed by atoms with Crippen molar-refractivity contribution in [2.24, 2.45) is 5.41 Å². The molecule has 0 saturated carbocycles. The quantitative estimate of drug-likeness (QED) is 0.466. The first kappa shape index (κ1) is 24.6. The van der Waals surface area contributed by atoms with Gasteiger partial charge in [0.15, 0.2) is 17.3 Å². The molecule has 0 spiro atoms. The van der Waals surface area contributed by atoms with Crippen molar-refractivity contribution in [2.75, 3.05) is 41.7 Å². The molecule has 1 unspecified atom stereocenters. The first-order valence-corrected chi connectivity index (χ1v) is 10.9. The lowest BCUT2D eigenvalue weighted by Gasteiger charge is -2.39. The zero-order chi connectivity index (χ0) is 24.3. The van der Waals surface area contributed by atoms with Crippen LogP contribution in [0.5, 0.6) is 17.2 Å². The predicted molar refractivity (Wildman–Crippen MR) is 123 cm³/mol. The smallest absolute Gasteiger partial charge is 0.336 e. The number of hydrogen-bond acceptors (Lipinski definition) is 8. The van der Waals surface area contributed by atoms with E-state index in [2.05, 4.69) is 19.2 Å². The third kappa shape index (κ3) is 4.85. The molecular formula is C25H33NO7. The summed E-state index contributed by atoms with van der Waals surface area (Å²) in [5.74, 6) is 0.256.